The lowest BCUT2D eigenvalue weighted by atomic mass is 9.65. The van der Waals surface area contributed by atoms with Crippen LogP contribution in [0.2, 0.25) is 0 Å². The van der Waals surface area contributed by atoms with Gasteiger partial charge in [-0.25, -0.2) is 0 Å². The van der Waals surface area contributed by atoms with Gasteiger partial charge in [0, 0.05) is 6.92 Å². The van der Waals surface area contributed by atoms with Gasteiger partial charge in [0.25, 0.3) is 0 Å². The van der Waals surface area contributed by atoms with Crippen molar-refractivity contribution in [1.82, 2.24) is 0 Å². The highest BCUT2D eigenvalue weighted by Crippen LogP contribution is 2.44. The molecule has 2 aliphatic rings. The molecule has 0 saturated heterocycles. The lowest BCUT2D eigenvalue weighted by Gasteiger charge is -2.44. The van der Waals surface area contributed by atoms with Gasteiger partial charge in [-0.05, 0) is 64.2 Å². The molecular weight excluding hydrogens is 252 g/mol. The minimum atomic E-state index is -0.128. The Labute approximate surface area is 123 Å². The number of ether oxygens (including phenoxy) is 2. The molecule has 0 spiro atoms. The van der Waals surface area contributed by atoms with E-state index in [9.17, 15) is 4.79 Å². The van der Waals surface area contributed by atoms with Crippen LogP contribution in [0.25, 0.3) is 0 Å². The van der Waals surface area contributed by atoms with E-state index in [1.54, 1.807) is 0 Å². The van der Waals surface area contributed by atoms with Crippen molar-refractivity contribution in [3.05, 3.63) is 0 Å². The van der Waals surface area contributed by atoms with Crippen LogP contribution < -0.4 is 0 Å². The van der Waals surface area contributed by atoms with Crippen molar-refractivity contribution < 1.29 is 14.3 Å². The second kappa shape index (κ2) is 6.46. The third kappa shape index (κ3) is 4.47. The Bertz CT molecular complexity index is 332. The molecule has 0 N–H and O–H groups in total. The first-order valence-corrected chi connectivity index (χ1v) is 8.16. The van der Waals surface area contributed by atoms with E-state index in [1.807, 2.05) is 0 Å². The van der Waals surface area contributed by atoms with Crippen LogP contribution in [0.15, 0.2) is 0 Å². The molecule has 0 aromatic rings. The summed E-state index contributed by atoms with van der Waals surface area (Å²) in [5, 5.41) is 0. The maximum Gasteiger partial charge on any atom is 0.302 e. The maximum absolute atomic E-state index is 11.1. The number of carbonyl (C=O) groups is 1. The highest BCUT2D eigenvalue weighted by Gasteiger charge is 2.39. The first-order chi connectivity index (χ1) is 9.35. The average Bonchev–Trinajstić information content (AvgIpc) is 2.34. The largest absolute Gasteiger partial charge is 0.463 e. The summed E-state index contributed by atoms with van der Waals surface area (Å²) in [6.07, 6.45) is 7.36. The van der Waals surface area contributed by atoms with Crippen LogP contribution in [0.4, 0.5) is 0 Å². The van der Waals surface area contributed by atoms with Crippen molar-refractivity contribution in [1.29, 1.82) is 0 Å². The normalized spacial score (nSPS) is 34.4. The van der Waals surface area contributed by atoms with Gasteiger partial charge < -0.3 is 9.47 Å². The first kappa shape index (κ1) is 15.8. The molecule has 4 unspecified atom stereocenters. The molecule has 0 aromatic carbocycles. The molecule has 4 atom stereocenters. The molecule has 0 aliphatic heterocycles. The van der Waals surface area contributed by atoms with Crippen LogP contribution >= 0.6 is 0 Å². The van der Waals surface area contributed by atoms with Crippen molar-refractivity contribution >= 4 is 5.97 Å². The second-order valence-corrected chi connectivity index (χ2v) is 7.58. The molecule has 0 radical (unpaired) electrons. The molecule has 3 heteroatoms. The van der Waals surface area contributed by atoms with E-state index in [0.29, 0.717) is 5.92 Å². The van der Waals surface area contributed by atoms with E-state index >= 15 is 0 Å². The van der Waals surface area contributed by atoms with Gasteiger partial charge in [0.1, 0.15) is 6.10 Å². The molecule has 116 valence electrons. The molecule has 0 bridgehead atoms. The van der Waals surface area contributed by atoms with Crippen LogP contribution in [0, 0.1) is 17.8 Å². The van der Waals surface area contributed by atoms with Gasteiger partial charge in [0.05, 0.1) is 12.2 Å². The topological polar surface area (TPSA) is 35.5 Å². The molecule has 0 amide bonds. The summed E-state index contributed by atoms with van der Waals surface area (Å²) >= 11 is 0. The van der Waals surface area contributed by atoms with E-state index in [2.05, 4.69) is 20.8 Å². The summed E-state index contributed by atoms with van der Waals surface area (Å²) in [5.74, 6) is 2.08. The standard InChI is InChI=1S/C17H30O3/c1-12(18)20-15-8-9-16-13(10-15)6-5-7-14(16)11-19-17(2,3)4/h13-16H,5-11H2,1-4H3. The summed E-state index contributed by atoms with van der Waals surface area (Å²) in [5.41, 5.74) is -0.0398. The number of hydrogen-bond acceptors (Lipinski definition) is 3. The highest BCUT2D eigenvalue weighted by atomic mass is 16.5. The second-order valence-electron chi connectivity index (χ2n) is 7.58. The minimum Gasteiger partial charge on any atom is -0.463 e. The first-order valence-electron chi connectivity index (χ1n) is 8.16. The molecule has 2 fully saturated rings. The van der Waals surface area contributed by atoms with Gasteiger partial charge in [-0.1, -0.05) is 12.8 Å². The maximum atomic E-state index is 11.1. The fourth-order valence-electron chi connectivity index (χ4n) is 3.96. The quantitative estimate of drug-likeness (QED) is 0.735. The van der Waals surface area contributed by atoms with Gasteiger partial charge in [-0.15, -0.1) is 0 Å². The molecule has 20 heavy (non-hydrogen) atoms. The van der Waals surface area contributed by atoms with Gasteiger partial charge in [-0.2, -0.15) is 0 Å². The molecule has 2 rings (SSSR count). The Morgan fingerprint density at radius 2 is 1.90 bits per heavy atom. The van der Waals surface area contributed by atoms with E-state index in [0.717, 1.165) is 31.3 Å². The monoisotopic (exact) mass is 282 g/mol. The third-order valence-electron chi connectivity index (χ3n) is 4.81. The van der Waals surface area contributed by atoms with Gasteiger partial charge in [0.2, 0.25) is 0 Å². The SMILES string of the molecule is CC(=O)OC1CCC2C(COC(C)(C)C)CCCC2C1. The Morgan fingerprint density at radius 1 is 1.15 bits per heavy atom. The number of fused-ring (bicyclic) bond motifs is 1. The smallest absolute Gasteiger partial charge is 0.302 e. The average molecular weight is 282 g/mol. The van der Waals surface area contributed by atoms with Gasteiger partial charge >= 0.3 is 5.97 Å². The lowest BCUT2D eigenvalue weighted by molar-refractivity contribution is -0.150. The number of carbonyl (C=O) groups excluding carboxylic acids is 1. The zero-order valence-corrected chi connectivity index (χ0v) is 13.5. The Balaban J connectivity index is 1.88. The van der Waals surface area contributed by atoms with E-state index in [1.165, 1.54) is 32.6 Å². The van der Waals surface area contributed by atoms with Crippen LogP contribution in [0.1, 0.15) is 66.2 Å². The summed E-state index contributed by atoms with van der Waals surface area (Å²) in [6.45, 7) is 8.80. The predicted octanol–water partition coefficient (Wildman–Crippen LogP) is 3.95. The molecule has 2 saturated carbocycles. The summed E-state index contributed by atoms with van der Waals surface area (Å²) in [6, 6.07) is 0. The third-order valence-corrected chi connectivity index (χ3v) is 4.81. The van der Waals surface area contributed by atoms with Crippen LogP contribution in [-0.4, -0.2) is 24.3 Å². The number of rotatable bonds is 3. The Kier molecular flexibility index (Phi) is 5.11. The van der Waals surface area contributed by atoms with Crippen molar-refractivity contribution in [2.24, 2.45) is 17.8 Å². The Morgan fingerprint density at radius 3 is 2.55 bits per heavy atom. The highest BCUT2D eigenvalue weighted by molar-refractivity contribution is 5.66. The van der Waals surface area contributed by atoms with Crippen LogP contribution in [0.3, 0.4) is 0 Å². The van der Waals surface area contributed by atoms with E-state index < -0.39 is 0 Å². The zero-order valence-electron chi connectivity index (χ0n) is 13.5. The van der Waals surface area contributed by atoms with E-state index in [4.69, 9.17) is 9.47 Å². The molecule has 3 nitrogen and oxygen atoms in total. The van der Waals surface area contributed by atoms with Crippen molar-refractivity contribution in [3.63, 3.8) is 0 Å². The number of hydrogen-bond donors (Lipinski definition) is 0. The van der Waals surface area contributed by atoms with Crippen molar-refractivity contribution in [2.75, 3.05) is 6.61 Å². The minimum absolute atomic E-state index is 0.0398. The fraction of sp³-hybridized carbons (Fsp3) is 0.941. The van der Waals surface area contributed by atoms with Gasteiger partial charge in [0.15, 0.2) is 0 Å². The summed E-state index contributed by atoms with van der Waals surface area (Å²) in [7, 11) is 0. The number of esters is 1. The predicted molar refractivity (Wildman–Crippen MR) is 79.4 cm³/mol. The zero-order chi connectivity index (χ0) is 14.8. The van der Waals surface area contributed by atoms with E-state index in [-0.39, 0.29) is 17.7 Å². The molecule has 2 aliphatic carbocycles. The Hall–Kier alpha value is -0.570. The van der Waals surface area contributed by atoms with Gasteiger partial charge in [-0.3, -0.25) is 4.79 Å². The molecule has 0 aromatic heterocycles. The molecule has 0 heterocycles. The van der Waals surface area contributed by atoms with Crippen molar-refractivity contribution in [3.8, 4) is 0 Å². The molecular formula is C17H30O3. The van der Waals surface area contributed by atoms with Crippen molar-refractivity contribution in [2.45, 2.75) is 77.9 Å². The summed E-state index contributed by atoms with van der Waals surface area (Å²) in [4.78, 5) is 11.1. The fourth-order valence-corrected chi connectivity index (χ4v) is 3.96. The van der Waals surface area contributed by atoms with Crippen LogP contribution in [-0.2, 0) is 14.3 Å². The van der Waals surface area contributed by atoms with Crippen LogP contribution in [0.5, 0.6) is 0 Å². The lowest BCUT2D eigenvalue weighted by Crippen LogP contribution is -2.39. The summed E-state index contributed by atoms with van der Waals surface area (Å²) < 4.78 is 11.4.